The van der Waals surface area contributed by atoms with E-state index in [1.54, 1.807) is 17.1 Å². The normalized spacial score (nSPS) is 13.1. The molecule has 0 aliphatic carbocycles. The van der Waals surface area contributed by atoms with Crippen molar-refractivity contribution in [3.05, 3.63) is 53.9 Å². The van der Waals surface area contributed by atoms with Crippen molar-refractivity contribution in [2.24, 2.45) is 16.7 Å². The average molecular weight is 399 g/mol. The van der Waals surface area contributed by atoms with E-state index in [0.717, 1.165) is 11.1 Å². The van der Waals surface area contributed by atoms with Crippen molar-refractivity contribution in [1.82, 2.24) is 14.8 Å². The minimum Gasteiger partial charge on any atom is -0.385 e. The Balaban J connectivity index is 0.00000145. The van der Waals surface area contributed by atoms with Gasteiger partial charge in [-0.2, -0.15) is 10.2 Å². The lowest BCUT2D eigenvalue weighted by Gasteiger charge is -2.30. The summed E-state index contributed by atoms with van der Waals surface area (Å²) in [6, 6.07) is 9.26. The quantitative estimate of drug-likeness (QED) is 0.254. The number of aromatic nitrogens is 3. The van der Waals surface area contributed by atoms with Crippen LogP contribution in [0.1, 0.15) is 51.8 Å². The van der Waals surface area contributed by atoms with Crippen LogP contribution in [0.3, 0.4) is 0 Å². The van der Waals surface area contributed by atoms with Crippen molar-refractivity contribution in [1.29, 1.82) is 0 Å². The van der Waals surface area contributed by atoms with Gasteiger partial charge >= 0.3 is 0 Å². The second-order valence-electron chi connectivity index (χ2n) is 6.74. The van der Waals surface area contributed by atoms with E-state index in [1.807, 2.05) is 65.0 Å². The smallest absolute Gasteiger partial charge is 0.162 e. The fraction of sp³-hybridized carbons (Fsp3) is 0.381. The van der Waals surface area contributed by atoms with Gasteiger partial charge in [-0.1, -0.05) is 26.0 Å². The Morgan fingerprint density at radius 2 is 2.00 bits per heavy atom. The van der Waals surface area contributed by atoms with Gasteiger partial charge in [0.2, 0.25) is 0 Å². The molecule has 1 aromatic carbocycles. The Kier molecular flexibility index (Phi) is 7.30. The van der Waals surface area contributed by atoms with E-state index in [0.29, 0.717) is 23.4 Å². The Labute approximate surface area is 171 Å². The third-order valence-corrected chi connectivity index (χ3v) is 4.45. The van der Waals surface area contributed by atoms with E-state index in [9.17, 15) is 5.11 Å². The Bertz CT molecular complexity index is 980. The number of benzene rings is 1. The van der Waals surface area contributed by atoms with Gasteiger partial charge < -0.3 is 21.4 Å². The molecule has 0 fully saturated rings. The number of hydrogen-bond donors (Lipinski definition) is 3. The van der Waals surface area contributed by atoms with Gasteiger partial charge in [0.05, 0.1) is 17.5 Å². The molecule has 2 aromatic heterocycles. The molecule has 0 saturated heterocycles. The maximum atomic E-state index is 10.7. The molecule has 156 valence electrons. The van der Waals surface area contributed by atoms with Crippen LogP contribution < -0.4 is 11.6 Å². The SMILES string of the molecule is CC.CCOC(C)(C)C(O)c1cnc2c(cnn2-c2cccc(/C(N)=N/N)c2)c1. The first-order valence-electron chi connectivity index (χ1n) is 9.67. The van der Waals surface area contributed by atoms with Crippen molar-refractivity contribution in [2.45, 2.75) is 46.3 Å². The van der Waals surface area contributed by atoms with Crippen LogP contribution in [0.5, 0.6) is 0 Å². The molecule has 0 spiro atoms. The van der Waals surface area contributed by atoms with Gasteiger partial charge in [-0.25, -0.2) is 9.67 Å². The molecule has 1 atom stereocenters. The van der Waals surface area contributed by atoms with E-state index in [1.165, 1.54) is 0 Å². The number of aliphatic hydroxyl groups excluding tert-OH is 1. The van der Waals surface area contributed by atoms with Crippen LogP contribution in [0, 0.1) is 0 Å². The molecule has 0 aliphatic rings. The fourth-order valence-corrected chi connectivity index (χ4v) is 3.00. The number of nitrogens with zero attached hydrogens (tertiary/aromatic N) is 4. The van der Waals surface area contributed by atoms with Crippen LogP contribution in [0.15, 0.2) is 47.8 Å². The maximum absolute atomic E-state index is 10.7. The topological polar surface area (TPSA) is 125 Å². The maximum Gasteiger partial charge on any atom is 0.162 e. The van der Waals surface area contributed by atoms with Gasteiger partial charge in [0.1, 0.15) is 11.9 Å². The largest absolute Gasteiger partial charge is 0.385 e. The Hall–Kier alpha value is -2.97. The summed E-state index contributed by atoms with van der Waals surface area (Å²) in [5, 5.41) is 19.4. The van der Waals surface area contributed by atoms with Gasteiger partial charge in [-0.3, -0.25) is 0 Å². The molecule has 8 heteroatoms. The lowest BCUT2D eigenvalue weighted by molar-refractivity contribution is -0.0984. The highest BCUT2D eigenvalue weighted by atomic mass is 16.5. The van der Waals surface area contributed by atoms with Crippen LogP contribution in [-0.4, -0.2) is 37.9 Å². The number of hydrazone groups is 1. The van der Waals surface area contributed by atoms with Gasteiger partial charge in [-0.05, 0) is 39.0 Å². The number of nitrogens with two attached hydrogens (primary N) is 2. The second kappa shape index (κ2) is 9.49. The third-order valence-electron chi connectivity index (χ3n) is 4.45. The molecule has 0 radical (unpaired) electrons. The van der Waals surface area contributed by atoms with Gasteiger partial charge in [-0.15, -0.1) is 0 Å². The van der Waals surface area contributed by atoms with Crippen LogP contribution in [-0.2, 0) is 4.74 Å². The first-order chi connectivity index (χ1) is 13.9. The lowest BCUT2D eigenvalue weighted by atomic mass is 9.95. The summed E-state index contributed by atoms with van der Waals surface area (Å²) >= 11 is 0. The Morgan fingerprint density at radius 3 is 2.66 bits per heavy atom. The predicted molar refractivity (Wildman–Crippen MR) is 116 cm³/mol. The van der Waals surface area contributed by atoms with Crippen LogP contribution in [0.2, 0.25) is 0 Å². The molecule has 8 nitrogen and oxygen atoms in total. The van der Waals surface area contributed by atoms with Gasteiger partial charge in [0.25, 0.3) is 0 Å². The van der Waals surface area contributed by atoms with Crippen molar-refractivity contribution < 1.29 is 9.84 Å². The van der Waals surface area contributed by atoms with E-state index in [-0.39, 0.29) is 5.84 Å². The van der Waals surface area contributed by atoms with Crippen LogP contribution in [0.4, 0.5) is 0 Å². The molecule has 5 N–H and O–H groups in total. The highest BCUT2D eigenvalue weighted by Gasteiger charge is 2.30. The summed E-state index contributed by atoms with van der Waals surface area (Å²) in [7, 11) is 0. The number of pyridine rings is 1. The first kappa shape index (κ1) is 22.3. The average Bonchev–Trinajstić information content (AvgIpc) is 3.17. The zero-order valence-corrected chi connectivity index (χ0v) is 17.6. The number of ether oxygens (including phenoxy) is 1. The van der Waals surface area contributed by atoms with E-state index in [4.69, 9.17) is 16.3 Å². The molecular formula is C21H30N6O2. The first-order valence-corrected chi connectivity index (χ1v) is 9.67. The summed E-state index contributed by atoms with van der Waals surface area (Å²) in [5.41, 5.74) is 7.90. The van der Waals surface area contributed by atoms with E-state index >= 15 is 0 Å². The molecule has 0 aliphatic heterocycles. The van der Waals surface area contributed by atoms with Gasteiger partial charge in [0, 0.05) is 29.3 Å². The minimum absolute atomic E-state index is 0.241. The number of fused-ring (bicyclic) bond motifs is 1. The molecule has 0 amide bonds. The minimum atomic E-state index is -0.804. The van der Waals surface area contributed by atoms with Crippen molar-refractivity contribution in [2.75, 3.05) is 6.61 Å². The molecule has 3 aromatic rings. The second-order valence-corrected chi connectivity index (χ2v) is 6.74. The molecule has 29 heavy (non-hydrogen) atoms. The fourth-order valence-electron chi connectivity index (χ4n) is 3.00. The summed E-state index contributed by atoms with van der Waals surface area (Å²) in [6.45, 7) is 10.1. The highest BCUT2D eigenvalue weighted by molar-refractivity contribution is 5.97. The van der Waals surface area contributed by atoms with E-state index in [2.05, 4.69) is 15.2 Å². The standard InChI is InChI=1S/C19H24N6O2.C2H6/c1-4-27-19(2,3)16(26)13-8-14-11-23-25(18(14)22-10-13)15-7-5-6-12(9-15)17(20)24-21;1-2/h5-11,16,26H,4,21H2,1-3H3,(H2,20,24);1-2H3. The molecule has 2 heterocycles. The highest BCUT2D eigenvalue weighted by Crippen LogP contribution is 2.30. The molecular weight excluding hydrogens is 368 g/mol. The lowest BCUT2D eigenvalue weighted by Crippen LogP contribution is -2.32. The molecule has 0 bridgehead atoms. The Morgan fingerprint density at radius 1 is 1.28 bits per heavy atom. The zero-order chi connectivity index (χ0) is 21.6. The predicted octanol–water partition coefficient (Wildman–Crippen LogP) is 2.87. The third kappa shape index (κ3) is 4.72. The van der Waals surface area contributed by atoms with Crippen molar-refractivity contribution >= 4 is 16.9 Å². The number of hydrogen-bond acceptors (Lipinski definition) is 6. The summed E-state index contributed by atoms with van der Waals surface area (Å²) < 4.78 is 7.35. The van der Waals surface area contributed by atoms with Crippen molar-refractivity contribution in [3.8, 4) is 5.69 Å². The molecule has 3 rings (SSSR count). The number of aliphatic hydroxyl groups is 1. The molecule has 0 saturated carbocycles. The zero-order valence-electron chi connectivity index (χ0n) is 17.6. The van der Waals surface area contributed by atoms with Crippen LogP contribution >= 0.6 is 0 Å². The summed E-state index contributed by atoms with van der Waals surface area (Å²) in [6.07, 6.45) is 2.55. The summed E-state index contributed by atoms with van der Waals surface area (Å²) in [5.74, 6) is 5.50. The number of amidine groups is 1. The van der Waals surface area contributed by atoms with Gasteiger partial charge in [0.15, 0.2) is 5.65 Å². The molecule has 1 unspecified atom stereocenters. The number of rotatable bonds is 6. The summed E-state index contributed by atoms with van der Waals surface area (Å²) in [4.78, 5) is 4.51. The van der Waals surface area contributed by atoms with Crippen molar-refractivity contribution in [3.63, 3.8) is 0 Å². The monoisotopic (exact) mass is 398 g/mol. The van der Waals surface area contributed by atoms with Crippen LogP contribution in [0.25, 0.3) is 16.7 Å². The van der Waals surface area contributed by atoms with E-state index < -0.39 is 11.7 Å².